The summed E-state index contributed by atoms with van der Waals surface area (Å²) in [7, 11) is 0. The van der Waals surface area contributed by atoms with Crippen LogP contribution in [0.2, 0.25) is 0 Å². The molecular formula is C24H31N3O2. The Labute approximate surface area is 173 Å². The third kappa shape index (κ3) is 5.45. The van der Waals surface area contributed by atoms with E-state index in [0.717, 1.165) is 12.0 Å². The van der Waals surface area contributed by atoms with E-state index in [4.69, 9.17) is 0 Å². The van der Waals surface area contributed by atoms with Crippen molar-refractivity contribution in [2.75, 3.05) is 32.7 Å². The van der Waals surface area contributed by atoms with Crippen LogP contribution in [0.5, 0.6) is 0 Å². The van der Waals surface area contributed by atoms with Crippen LogP contribution in [-0.2, 0) is 4.79 Å². The second-order valence-corrected chi connectivity index (χ2v) is 7.63. The number of amides is 2. The van der Waals surface area contributed by atoms with Gasteiger partial charge >= 0.3 is 0 Å². The predicted molar refractivity (Wildman–Crippen MR) is 116 cm³/mol. The van der Waals surface area contributed by atoms with Crippen LogP contribution in [0.4, 0.5) is 0 Å². The molecule has 5 nitrogen and oxygen atoms in total. The van der Waals surface area contributed by atoms with E-state index in [1.54, 1.807) is 0 Å². The van der Waals surface area contributed by atoms with Gasteiger partial charge in [-0.3, -0.25) is 14.5 Å². The van der Waals surface area contributed by atoms with Crippen molar-refractivity contribution < 1.29 is 9.59 Å². The maximum absolute atomic E-state index is 12.7. The number of hydrogen-bond donors (Lipinski definition) is 1. The second-order valence-electron chi connectivity index (χ2n) is 7.63. The molecule has 1 heterocycles. The number of piperazine rings is 1. The number of carbonyl (C=O) groups excluding carboxylic acids is 2. The van der Waals surface area contributed by atoms with Gasteiger partial charge in [-0.1, -0.05) is 55.5 Å². The first-order chi connectivity index (χ1) is 14.1. The summed E-state index contributed by atoms with van der Waals surface area (Å²) in [4.78, 5) is 29.3. The van der Waals surface area contributed by atoms with Crippen molar-refractivity contribution in [2.24, 2.45) is 0 Å². The molecule has 1 aliphatic rings. The second kappa shape index (κ2) is 10.2. The highest BCUT2D eigenvalue weighted by molar-refractivity contribution is 5.94. The number of nitrogens with zero attached hydrogens (tertiary/aromatic N) is 2. The normalized spacial score (nSPS) is 16.8. The minimum Gasteiger partial charge on any atom is -0.354 e. The number of hydrogen-bond acceptors (Lipinski definition) is 3. The fourth-order valence-corrected chi connectivity index (χ4v) is 3.84. The van der Waals surface area contributed by atoms with Crippen LogP contribution in [0.15, 0.2) is 60.7 Å². The van der Waals surface area contributed by atoms with Gasteiger partial charge in [0, 0.05) is 44.2 Å². The lowest BCUT2D eigenvalue weighted by Crippen LogP contribution is -2.55. The molecule has 1 saturated heterocycles. The molecule has 0 radical (unpaired) electrons. The van der Waals surface area contributed by atoms with Crippen molar-refractivity contribution in [3.8, 4) is 0 Å². The van der Waals surface area contributed by atoms with Gasteiger partial charge in [0.25, 0.3) is 5.91 Å². The Balaban J connectivity index is 1.48. The lowest BCUT2D eigenvalue weighted by Gasteiger charge is -2.37. The molecule has 0 bridgehead atoms. The molecule has 0 saturated carbocycles. The molecule has 2 atom stereocenters. The van der Waals surface area contributed by atoms with E-state index in [-0.39, 0.29) is 17.9 Å². The molecule has 154 valence electrons. The van der Waals surface area contributed by atoms with Gasteiger partial charge in [-0.2, -0.15) is 0 Å². The van der Waals surface area contributed by atoms with Crippen molar-refractivity contribution >= 4 is 11.8 Å². The minimum absolute atomic E-state index is 0.0576. The SMILES string of the molecule is CC[C@@H](CNC(=O)[C@H](C)N1CCN(C(=O)c2ccccc2)CC1)c1ccccc1. The van der Waals surface area contributed by atoms with E-state index in [0.29, 0.717) is 38.6 Å². The van der Waals surface area contributed by atoms with E-state index in [1.807, 2.05) is 60.4 Å². The number of rotatable bonds is 7. The van der Waals surface area contributed by atoms with Crippen LogP contribution >= 0.6 is 0 Å². The average Bonchev–Trinajstić information content (AvgIpc) is 2.79. The first-order valence-electron chi connectivity index (χ1n) is 10.5. The van der Waals surface area contributed by atoms with Crippen molar-refractivity contribution in [1.29, 1.82) is 0 Å². The van der Waals surface area contributed by atoms with Gasteiger partial charge in [-0.25, -0.2) is 0 Å². The van der Waals surface area contributed by atoms with Gasteiger partial charge in [0.2, 0.25) is 5.91 Å². The van der Waals surface area contributed by atoms with Gasteiger partial charge in [0.05, 0.1) is 6.04 Å². The summed E-state index contributed by atoms with van der Waals surface area (Å²) in [5.41, 5.74) is 1.98. The number of nitrogens with one attached hydrogen (secondary N) is 1. The summed E-state index contributed by atoms with van der Waals surface area (Å²) in [6.07, 6.45) is 0.985. The van der Waals surface area contributed by atoms with Gasteiger partial charge in [-0.15, -0.1) is 0 Å². The Kier molecular flexibility index (Phi) is 7.42. The lowest BCUT2D eigenvalue weighted by molar-refractivity contribution is -0.126. The summed E-state index contributed by atoms with van der Waals surface area (Å²) >= 11 is 0. The third-order valence-electron chi connectivity index (χ3n) is 5.84. The zero-order valence-corrected chi connectivity index (χ0v) is 17.4. The third-order valence-corrected chi connectivity index (χ3v) is 5.84. The Bertz CT molecular complexity index is 786. The smallest absolute Gasteiger partial charge is 0.253 e. The highest BCUT2D eigenvalue weighted by Gasteiger charge is 2.28. The molecule has 0 aliphatic carbocycles. The summed E-state index contributed by atoms with van der Waals surface area (Å²) in [6, 6.07) is 19.5. The van der Waals surface area contributed by atoms with Crippen LogP contribution in [0.3, 0.4) is 0 Å². The molecule has 2 aromatic rings. The van der Waals surface area contributed by atoms with E-state index in [9.17, 15) is 9.59 Å². The zero-order valence-electron chi connectivity index (χ0n) is 17.4. The molecule has 0 unspecified atom stereocenters. The molecule has 1 N–H and O–H groups in total. The Morgan fingerprint density at radius 3 is 2.10 bits per heavy atom. The molecule has 2 aromatic carbocycles. The van der Waals surface area contributed by atoms with Gasteiger partial charge in [-0.05, 0) is 31.0 Å². The maximum Gasteiger partial charge on any atom is 0.253 e. The molecule has 5 heteroatoms. The largest absolute Gasteiger partial charge is 0.354 e. The van der Waals surface area contributed by atoms with Crippen LogP contribution in [0.25, 0.3) is 0 Å². The highest BCUT2D eigenvalue weighted by atomic mass is 16.2. The summed E-state index contributed by atoms with van der Waals surface area (Å²) in [5, 5.41) is 3.13. The van der Waals surface area contributed by atoms with Crippen molar-refractivity contribution in [2.45, 2.75) is 32.2 Å². The zero-order chi connectivity index (χ0) is 20.6. The van der Waals surface area contributed by atoms with E-state index >= 15 is 0 Å². The molecule has 1 aliphatic heterocycles. The fourth-order valence-electron chi connectivity index (χ4n) is 3.84. The van der Waals surface area contributed by atoms with Crippen molar-refractivity contribution in [1.82, 2.24) is 15.1 Å². The molecule has 0 spiro atoms. The van der Waals surface area contributed by atoms with Crippen LogP contribution < -0.4 is 5.32 Å². The summed E-state index contributed by atoms with van der Waals surface area (Å²) < 4.78 is 0. The van der Waals surface area contributed by atoms with E-state index in [1.165, 1.54) is 5.56 Å². The Hall–Kier alpha value is -2.66. The van der Waals surface area contributed by atoms with E-state index < -0.39 is 0 Å². The quantitative estimate of drug-likeness (QED) is 0.786. The standard InChI is InChI=1S/C24H31N3O2/c1-3-20(21-10-6-4-7-11-21)18-25-23(28)19(2)26-14-16-27(17-15-26)24(29)22-12-8-5-9-13-22/h4-13,19-20H,3,14-18H2,1-2H3,(H,25,28)/t19-,20-/m0/s1. The van der Waals surface area contributed by atoms with E-state index in [2.05, 4.69) is 29.3 Å². The number of carbonyl (C=O) groups is 2. The lowest BCUT2D eigenvalue weighted by atomic mass is 9.96. The predicted octanol–water partition coefficient (Wildman–Crippen LogP) is 3.14. The van der Waals surface area contributed by atoms with Gasteiger partial charge < -0.3 is 10.2 Å². The molecule has 3 rings (SSSR count). The van der Waals surface area contributed by atoms with Crippen LogP contribution in [-0.4, -0.2) is 60.4 Å². The highest BCUT2D eigenvalue weighted by Crippen LogP contribution is 2.18. The Morgan fingerprint density at radius 2 is 1.52 bits per heavy atom. The minimum atomic E-state index is -0.197. The fraction of sp³-hybridized carbons (Fsp3) is 0.417. The molecule has 0 aromatic heterocycles. The molecule has 2 amide bonds. The molecule has 1 fully saturated rings. The first kappa shape index (κ1) is 21.1. The maximum atomic E-state index is 12.7. The monoisotopic (exact) mass is 393 g/mol. The molecular weight excluding hydrogens is 362 g/mol. The first-order valence-corrected chi connectivity index (χ1v) is 10.5. The average molecular weight is 394 g/mol. The topological polar surface area (TPSA) is 52.7 Å². The van der Waals surface area contributed by atoms with Crippen molar-refractivity contribution in [3.63, 3.8) is 0 Å². The van der Waals surface area contributed by atoms with Gasteiger partial charge in [0.15, 0.2) is 0 Å². The summed E-state index contributed by atoms with van der Waals surface area (Å²) in [5.74, 6) is 0.450. The Morgan fingerprint density at radius 1 is 0.931 bits per heavy atom. The van der Waals surface area contributed by atoms with Gasteiger partial charge in [0.1, 0.15) is 0 Å². The summed E-state index contributed by atoms with van der Waals surface area (Å²) in [6.45, 7) is 7.46. The number of benzene rings is 2. The molecule has 29 heavy (non-hydrogen) atoms. The van der Waals surface area contributed by atoms with Crippen molar-refractivity contribution in [3.05, 3.63) is 71.8 Å². The van der Waals surface area contributed by atoms with Crippen LogP contribution in [0, 0.1) is 0 Å². The van der Waals surface area contributed by atoms with Crippen LogP contribution in [0.1, 0.15) is 42.1 Å².